The summed E-state index contributed by atoms with van der Waals surface area (Å²) in [5.74, 6) is 0.688. The zero-order valence-corrected chi connectivity index (χ0v) is 9.79. The van der Waals surface area contributed by atoms with Gasteiger partial charge in [0.2, 0.25) is 5.91 Å². The molecule has 3 N–H and O–H groups in total. The number of benzene rings is 1. The zero-order valence-electron chi connectivity index (χ0n) is 8.97. The summed E-state index contributed by atoms with van der Waals surface area (Å²) in [5, 5.41) is 2.85. The summed E-state index contributed by atoms with van der Waals surface area (Å²) in [6.45, 7) is 2.15. The van der Waals surface area contributed by atoms with Gasteiger partial charge in [-0.15, -0.1) is 12.4 Å². The molecule has 5 heteroatoms. The first-order chi connectivity index (χ1) is 7.18. The number of hydrogen-bond donors (Lipinski definition) is 2. The van der Waals surface area contributed by atoms with Gasteiger partial charge >= 0.3 is 0 Å². The smallest absolute Gasteiger partial charge is 0.237 e. The molecule has 88 valence electrons. The number of amides is 1. The summed E-state index contributed by atoms with van der Waals surface area (Å²) in [7, 11) is 0. The number of nitrogens with one attached hydrogen (secondary N) is 1. The number of ether oxygens (including phenoxy) is 1. The molecule has 0 aromatic heterocycles. The maximum Gasteiger partial charge on any atom is 0.237 e. The molecular weight excluding hydrogens is 228 g/mol. The molecule has 1 aliphatic rings. The van der Waals surface area contributed by atoms with Crippen LogP contribution in [0.25, 0.3) is 0 Å². The van der Waals surface area contributed by atoms with Crippen molar-refractivity contribution in [2.45, 2.75) is 19.0 Å². The minimum absolute atomic E-state index is 0. The Balaban J connectivity index is 0.00000128. The topological polar surface area (TPSA) is 64.4 Å². The third-order valence-electron chi connectivity index (χ3n) is 2.43. The van der Waals surface area contributed by atoms with Gasteiger partial charge in [0, 0.05) is 5.56 Å². The highest BCUT2D eigenvalue weighted by atomic mass is 35.5. The van der Waals surface area contributed by atoms with Gasteiger partial charge in [0.25, 0.3) is 0 Å². The van der Waals surface area contributed by atoms with Crippen LogP contribution in [0, 0.1) is 0 Å². The van der Waals surface area contributed by atoms with Crippen molar-refractivity contribution in [1.82, 2.24) is 5.32 Å². The molecule has 0 aliphatic carbocycles. The summed E-state index contributed by atoms with van der Waals surface area (Å²) < 4.78 is 5.44. The molecule has 0 fully saturated rings. The van der Waals surface area contributed by atoms with Gasteiger partial charge in [-0.05, 0) is 13.0 Å². The summed E-state index contributed by atoms with van der Waals surface area (Å²) in [6.07, 6.45) is 0. The van der Waals surface area contributed by atoms with Crippen molar-refractivity contribution in [2.75, 3.05) is 6.61 Å². The lowest BCUT2D eigenvalue weighted by Crippen LogP contribution is -2.40. The quantitative estimate of drug-likeness (QED) is 0.814. The lowest BCUT2D eigenvalue weighted by atomic mass is 10.1. The highest BCUT2D eigenvalue weighted by Gasteiger charge is 2.25. The van der Waals surface area contributed by atoms with Gasteiger partial charge in [0.05, 0.1) is 12.1 Å². The second-order valence-electron chi connectivity index (χ2n) is 3.70. The van der Waals surface area contributed by atoms with E-state index in [9.17, 15) is 4.79 Å². The van der Waals surface area contributed by atoms with Crippen LogP contribution in [-0.2, 0) is 4.79 Å². The molecule has 0 saturated carbocycles. The lowest BCUT2D eigenvalue weighted by molar-refractivity contribution is -0.122. The fourth-order valence-corrected chi connectivity index (χ4v) is 1.59. The van der Waals surface area contributed by atoms with Crippen molar-refractivity contribution in [3.05, 3.63) is 29.8 Å². The Morgan fingerprint density at radius 1 is 1.56 bits per heavy atom. The van der Waals surface area contributed by atoms with E-state index in [2.05, 4.69) is 5.32 Å². The maximum absolute atomic E-state index is 11.4. The minimum atomic E-state index is -0.488. The second kappa shape index (κ2) is 5.18. The van der Waals surface area contributed by atoms with Crippen molar-refractivity contribution < 1.29 is 9.53 Å². The molecule has 1 aromatic rings. The highest BCUT2D eigenvalue weighted by molar-refractivity contribution is 5.85. The molecule has 2 rings (SSSR count). The van der Waals surface area contributed by atoms with Crippen molar-refractivity contribution in [2.24, 2.45) is 5.73 Å². The third-order valence-corrected chi connectivity index (χ3v) is 2.43. The molecule has 1 aromatic carbocycles. The Morgan fingerprint density at radius 2 is 2.25 bits per heavy atom. The molecule has 0 saturated heterocycles. The molecule has 16 heavy (non-hydrogen) atoms. The number of nitrogens with two attached hydrogens (primary N) is 1. The SMILES string of the molecule is C[C@@H](N)C(=O)NC1COc2ccccc21.Cl. The van der Waals surface area contributed by atoms with Crippen LogP contribution in [0.1, 0.15) is 18.5 Å². The van der Waals surface area contributed by atoms with Gasteiger partial charge in [-0.2, -0.15) is 0 Å². The van der Waals surface area contributed by atoms with Gasteiger partial charge in [0.1, 0.15) is 12.4 Å². The molecular formula is C11H15ClN2O2. The van der Waals surface area contributed by atoms with Gasteiger partial charge in [-0.25, -0.2) is 0 Å². The molecule has 1 heterocycles. The number of fused-ring (bicyclic) bond motifs is 1. The predicted octanol–water partition coefficient (Wildman–Crippen LogP) is 1.01. The molecule has 4 nitrogen and oxygen atoms in total. The van der Waals surface area contributed by atoms with E-state index in [1.165, 1.54) is 0 Å². The van der Waals surface area contributed by atoms with Crippen molar-refractivity contribution >= 4 is 18.3 Å². The van der Waals surface area contributed by atoms with Crippen LogP contribution >= 0.6 is 12.4 Å². The summed E-state index contributed by atoms with van der Waals surface area (Å²) in [4.78, 5) is 11.4. The van der Waals surface area contributed by atoms with E-state index in [0.29, 0.717) is 6.61 Å². The maximum atomic E-state index is 11.4. The number of carbonyl (C=O) groups is 1. The zero-order chi connectivity index (χ0) is 10.8. The standard InChI is InChI=1S/C11H14N2O2.ClH/c1-7(12)11(14)13-9-6-15-10-5-3-2-4-8(9)10;/h2-5,7,9H,6,12H2,1H3,(H,13,14);1H/t7-,9?;/m1./s1. The van der Waals surface area contributed by atoms with Gasteiger partial charge in [-0.1, -0.05) is 18.2 Å². The number of carbonyl (C=O) groups excluding carboxylic acids is 1. The summed E-state index contributed by atoms with van der Waals surface area (Å²) in [5.41, 5.74) is 6.50. The van der Waals surface area contributed by atoms with Gasteiger partial charge in [-0.3, -0.25) is 4.79 Å². The van der Waals surface area contributed by atoms with Crippen LogP contribution in [0.5, 0.6) is 5.75 Å². The monoisotopic (exact) mass is 242 g/mol. The summed E-state index contributed by atoms with van der Waals surface area (Å²) >= 11 is 0. The van der Waals surface area contributed by atoms with Gasteiger partial charge < -0.3 is 15.8 Å². The second-order valence-corrected chi connectivity index (χ2v) is 3.70. The molecule has 0 spiro atoms. The first-order valence-corrected chi connectivity index (χ1v) is 4.96. The molecule has 1 aliphatic heterocycles. The normalized spacial score (nSPS) is 19.0. The van der Waals surface area contributed by atoms with Crippen molar-refractivity contribution in [1.29, 1.82) is 0 Å². The average molecular weight is 243 g/mol. The first kappa shape index (κ1) is 12.8. The lowest BCUT2D eigenvalue weighted by Gasteiger charge is -2.13. The fraction of sp³-hybridized carbons (Fsp3) is 0.364. The first-order valence-electron chi connectivity index (χ1n) is 4.96. The molecule has 2 atom stereocenters. The largest absolute Gasteiger partial charge is 0.491 e. The van der Waals surface area contributed by atoms with E-state index in [0.717, 1.165) is 11.3 Å². The molecule has 1 unspecified atom stereocenters. The number of rotatable bonds is 2. The van der Waals surface area contributed by atoms with Crippen LogP contribution in [-0.4, -0.2) is 18.6 Å². The van der Waals surface area contributed by atoms with E-state index in [-0.39, 0.29) is 24.4 Å². The number of hydrogen-bond acceptors (Lipinski definition) is 3. The Hall–Kier alpha value is -1.26. The molecule has 0 bridgehead atoms. The average Bonchev–Trinajstić information content (AvgIpc) is 2.62. The fourth-order valence-electron chi connectivity index (χ4n) is 1.59. The highest BCUT2D eigenvalue weighted by Crippen LogP contribution is 2.31. The van der Waals surface area contributed by atoms with Crippen LogP contribution in [0.15, 0.2) is 24.3 Å². The van der Waals surface area contributed by atoms with Crippen molar-refractivity contribution in [3.8, 4) is 5.75 Å². The van der Waals surface area contributed by atoms with Crippen LogP contribution in [0.2, 0.25) is 0 Å². The van der Waals surface area contributed by atoms with Gasteiger partial charge in [0.15, 0.2) is 0 Å². The Labute approximate surface area is 101 Å². The Bertz CT molecular complexity index is 382. The Kier molecular flexibility index (Phi) is 4.15. The van der Waals surface area contributed by atoms with Crippen LogP contribution < -0.4 is 15.8 Å². The summed E-state index contributed by atoms with van der Waals surface area (Å²) in [6, 6.07) is 7.13. The molecule has 0 radical (unpaired) electrons. The predicted molar refractivity (Wildman–Crippen MR) is 63.7 cm³/mol. The molecule has 1 amide bonds. The minimum Gasteiger partial charge on any atom is -0.491 e. The third kappa shape index (κ3) is 2.46. The number of halogens is 1. The van der Waals surface area contributed by atoms with E-state index < -0.39 is 6.04 Å². The van der Waals surface area contributed by atoms with E-state index in [1.807, 2.05) is 24.3 Å². The van der Waals surface area contributed by atoms with E-state index in [1.54, 1.807) is 6.92 Å². The Morgan fingerprint density at radius 3 is 2.94 bits per heavy atom. The van der Waals surface area contributed by atoms with Crippen LogP contribution in [0.3, 0.4) is 0 Å². The van der Waals surface area contributed by atoms with Crippen molar-refractivity contribution in [3.63, 3.8) is 0 Å². The van der Waals surface area contributed by atoms with E-state index in [4.69, 9.17) is 10.5 Å². The van der Waals surface area contributed by atoms with Crippen LogP contribution in [0.4, 0.5) is 0 Å². The number of para-hydroxylation sites is 1. The van der Waals surface area contributed by atoms with E-state index >= 15 is 0 Å².